The molecule has 2 aromatic rings. The zero-order valence-electron chi connectivity index (χ0n) is 12.0. The highest BCUT2D eigenvalue weighted by Gasteiger charge is 2.14. The molecule has 2 N–H and O–H groups in total. The molecule has 2 aromatic carbocycles. The van der Waals surface area contributed by atoms with Crippen LogP contribution in [-0.2, 0) is 0 Å². The number of benzene rings is 2. The van der Waals surface area contributed by atoms with Gasteiger partial charge in [-0.25, -0.2) is 0 Å². The van der Waals surface area contributed by atoms with Crippen LogP contribution in [0.15, 0.2) is 36.4 Å². The Morgan fingerprint density at radius 3 is 2.59 bits per heavy atom. The van der Waals surface area contributed by atoms with Crippen LogP contribution in [0.4, 0.5) is 21.5 Å². The smallest absolute Gasteiger partial charge is 0.306 e. The minimum atomic E-state index is -0.885. The van der Waals surface area contributed by atoms with Crippen molar-refractivity contribution in [1.82, 2.24) is 0 Å². The highest BCUT2D eigenvalue weighted by atomic mass is 32.1. The van der Waals surface area contributed by atoms with Gasteiger partial charge in [-0.15, -0.1) is 0 Å². The van der Waals surface area contributed by atoms with E-state index in [9.17, 15) is 14.5 Å². The van der Waals surface area contributed by atoms with Gasteiger partial charge < -0.3 is 10.6 Å². The zero-order valence-corrected chi connectivity index (χ0v) is 12.8. The van der Waals surface area contributed by atoms with E-state index in [0.29, 0.717) is 5.69 Å². The molecule has 0 atom stereocenters. The molecule has 0 aromatic heterocycles. The highest BCUT2D eigenvalue weighted by Crippen LogP contribution is 2.22. The number of halogens is 1. The van der Waals surface area contributed by atoms with Gasteiger partial charge in [0.1, 0.15) is 0 Å². The summed E-state index contributed by atoms with van der Waals surface area (Å²) in [5, 5.41) is 16.8. The lowest BCUT2D eigenvalue weighted by molar-refractivity contribution is -0.387. The second-order valence-corrected chi connectivity index (χ2v) is 5.23. The fourth-order valence-electron chi connectivity index (χ4n) is 1.89. The van der Waals surface area contributed by atoms with Gasteiger partial charge in [0, 0.05) is 17.4 Å². The van der Waals surface area contributed by atoms with Crippen molar-refractivity contribution in [3.05, 3.63) is 63.5 Å². The summed E-state index contributed by atoms with van der Waals surface area (Å²) in [4.78, 5) is 9.95. The number of nitrogens with one attached hydrogen (secondary N) is 2. The van der Waals surface area contributed by atoms with Crippen molar-refractivity contribution < 1.29 is 9.31 Å². The fourth-order valence-corrected chi connectivity index (χ4v) is 2.11. The van der Waals surface area contributed by atoms with E-state index in [1.807, 2.05) is 32.0 Å². The molecule has 0 aliphatic rings. The monoisotopic (exact) mass is 319 g/mol. The Kier molecular flexibility index (Phi) is 4.67. The van der Waals surface area contributed by atoms with Gasteiger partial charge in [-0.2, -0.15) is 4.39 Å². The number of rotatable bonds is 3. The summed E-state index contributed by atoms with van der Waals surface area (Å²) >= 11 is 5.18. The summed E-state index contributed by atoms with van der Waals surface area (Å²) < 4.78 is 13.3. The minimum absolute atomic E-state index is 0.273. The molecule has 0 aliphatic carbocycles. The zero-order chi connectivity index (χ0) is 16.3. The van der Waals surface area contributed by atoms with Crippen LogP contribution in [0.2, 0.25) is 0 Å². The average Bonchev–Trinajstić information content (AvgIpc) is 2.44. The van der Waals surface area contributed by atoms with E-state index in [0.717, 1.165) is 28.9 Å². The third kappa shape index (κ3) is 3.76. The van der Waals surface area contributed by atoms with Gasteiger partial charge in [-0.05, 0) is 55.4 Å². The van der Waals surface area contributed by atoms with Crippen molar-refractivity contribution in [2.24, 2.45) is 0 Å². The SMILES string of the molecule is Cc1ccc(C)c(NC(=S)Nc2ccc(F)c([N+](=O)[O-])c2)c1. The Morgan fingerprint density at radius 2 is 1.91 bits per heavy atom. The number of nitro groups is 1. The lowest BCUT2D eigenvalue weighted by atomic mass is 10.1. The molecule has 114 valence electrons. The van der Waals surface area contributed by atoms with Crippen LogP contribution in [-0.4, -0.2) is 10.0 Å². The van der Waals surface area contributed by atoms with Gasteiger partial charge in [0.15, 0.2) is 5.11 Å². The predicted molar refractivity (Wildman–Crippen MR) is 88.8 cm³/mol. The number of anilines is 2. The maximum Gasteiger partial charge on any atom is 0.306 e. The first kappa shape index (κ1) is 15.8. The topological polar surface area (TPSA) is 67.2 Å². The Labute approximate surface area is 132 Å². The number of nitrogens with zero attached hydrogens (tertiary/aromatic N) is 1. The lowest BCUT2D eigenvalue weighted by Gasteiger charge is -2.13. The predicted octanol–water partition coefficient (Wildman–Crippen LogP) is 4.16. The Hall–Kier alpha value is -2.54. The van der Waals surface area contributed by atoms with Crippen LogP contribution in [0, 0.1) is 29.8 Å². The van der Waals surface area contributed by atoms with Gasteiger partial charge >= 0.3 is 5.69 Å². The van der Waals surface area contributed by atoms with E-state index < -0.39 is 16.4 Å². The maximum absolute atomic E-state index is 13.3. The molecule has 22 heavy (non-hydrogen) atoms. The molecule has 0 spiro atoms. The molecular weight excluding hydrogens is 305 g/mol. The second kappa shape index (κ2) is 6.48. The Bertz CT molecular complexity index is 750. The molecule has 0 amide bonds. The van der Waals surface area contributed by atoms with E-state index in [1.54, 1.807) is 0 Å². The van der Waals surface area contributed by atoms with Gasteiger partial charge in [-0.1, -0.05) is 12.1 Å². The maximum atomic E-state index is 13.3. The molecule has 0 bridgehead atoms. The second-order valence-electron chi connectivity index (χ2n) is 4.82. The first-order chi connectivity index (χ1) is 10.4. The molecule has 0 aliphatic heterocycles. The van der Waals surface area contributed by atoms with Crippen molar-refractivity contribution >= 4 is 34.4 Å². The molecule has 2 rings (SSSR count). The third-order valence-corrected chi connectivity index (χ3v) is 3.25. The first-order valence-corrected chi connectivity index (χ1v) is 6.87. The molecule has 5 nitrogen and oxygen atoms in total. The summed E-state index contributed by atoms with van der Waals surface area (Å²) in [6, 6.07) is 9.41. The van der Waals surface area contributed by atoms with Crippen molar-refractivity contribution in [2.75, 3.05) is 10.6 Å². The van der Waals surface area contributed by atoms with Crippen LogP contribution in [0.1, 0.15) is 11.1 Å². The third-order valence-electron chi connectivity index (χ3n) is 3.04. The standard InChI is InChI=1S/C15H14FN3O2S/c1-9-3-4-10(2)13(7-9)18-15(22)17-11-5-6-12(16)14(8-11)19(20)21/h3-8H,1-2H3,(H2,17,18,22). The number of aryl methyl sites for hydroxylation is 2. The van der Waals surface area contributed by atoms with Crippen molar-refractivity contribution in [3.63, 3.8) is 0 Å². The van der Waals surface area contributed by atoms with Crippen LogP contribution < -0.4 is 10.6 Å². The van der Waals surface area contributed by atoms with Crippen LogP contribution >= 0.6 is 12.2 Å². The lowest BCUT2D eigenvalue weighted by Crippen LogP contribution is -2.19. The number of hydrogen-bond acceptors (Lipinski definition) is 3. The molecule has 0 saturated carbocycles. The highest BCUT2D eigenvalue weighted by molar-refractivity contribution is 7.80. The largest absolute Gasteiger partial charge is 0.332 e. The number of thiocarbonyl (C=S) groups is 1. The van der Waals surface area contributed by atoms with E-state index >= 15 is 0 Å². The van der Waals surface area contributed by atoms with Gasteiger partial charge in [-0.3, -0.25) is 10.1 Å². The normalized spacial score (nSPS) is 10.1. The fraction of sp³-hybridized carbons (Fsp3) is 0.133. The van der Waals surface area contributed by atoms with Gasteiger partial charge in [0.2, 0.25) is 5.82 Å². The summed E-state index contributed by atoms with van der Waals surface area (Å²) in [6.07, 6.45) is 0. The first-order valence-electron chi connectivity index (χ1n) is 6.46. The molecule has 0 heterocycles. The minimum Gasteiger partial charge on any atom is -0.332 e. The van der Waals surface area contributed by atoms with Crippen LogP contribution in [0.5, 0.6) is 0 Å². The van der Waals surface area contributed by atoms with E-state index in [4.69, 9.17) is 12.2 Å². The van der Waals surface area contributed by atoms with E-state index in [-0.39, 0.29) is 5.11 Å². The van der Waals surface area contributed by atoms with Crippen molar-refractivity contribution in [3.8, 4) is 0 Å². The Morgan fingerprint density at radius 1 is 1.18 bits per heavy atom. The average molecular weight is 319 g/mol. The molecule has 7 heteroatoms. The van der Waals surface area contributed by atoms with Crippen molar-refractivity contribution in [1.29, 1.82) is 0 Å². The molecule has 0 saturated heterocycles. The van der Waals surface area contributed by atoms with Crippen LogP contribution in [0.25, 0.3) is 0 Å². The van der Waals surface area contributed by atoms with E-state index in [2.05, 4.69) is 10.6 Å². The molecule has 0 radical (unpaired) electrons. The van der Waals surface area contributed by atoms with Gasteiger partial charge in [0.05, 0.1) is 4.92 Å². The number of nitro benzene ring substituents is 1. The van der Waals surface area contributed by atoms with Gasteiger partial charge in [0.25, 0.3) is 0 Å². The van der Waals surface area contributed by atoms with Crippen LogP contribution in [0.3, 0.4) is 0 Å². The summed E-state index contributed by atoms with van der Waals surface area (Å²) in [5.41, 5.74) is 2.68. The quantitative estimate of drug-likeness (QED) is 0.505. The number of hydrogen-bond donors (Lipinski definition) is 2. The molecule has 0 unspecified atom stereocenters. The summed E-state index contributed by atoms with van der Waals surface area (Å²) in [5.74, 6) is -0.885. The summed E-state index contributed by atoms with van der Waals surface area (Å²) in [7, 11) is 0. The molecule has 0 fully saturated rings. The van der Waals surface area contributed by atoms with E-state index in [1.165, 1.54) is 6.07 Å². The summed E-state index contributed by atoms with van der Waals surface area (Å²) in [6.45, 7) is 3.90. The molecular formula is C15H14FN3O2S. The Balaban J connectivity index is 2.14. The van der Waals surface area contributed by atoms with Crippen molar-refractivity contribution in [2.45, 2.75) is 13.8 Å².